The van der Waals surface area contributed by atoms with Crippen LogP contribution in [0.2, 0.25) is 5.02 Å². The fourth-order valence-corrected chi connectivity index (χ4v) is 1.90. The lowest BCUT2D eigenvalue weighted by Crippen LogP contribution is -2.14. The summed E-state index contributed by atoms with van der Waals surface area (Å²) in [6.07, 6.45) is 2.17. The summed E-state index contributed by atoms with van der Waals surface area (Å²) >= 11 is 5.62. The molecule has 1 unspecified atom stereocenters. The summed E-state index contributed by atoms with van der Waals surface area (Å²) in [4.78, 5) is 11.9. The summed E-state index contributed by atoms with van der Waals surface area (Å²) < 4.78 is 13.4. The number of hydrogen-bond acceptors (Lipinski definition) is 1. The van der Waals surface area contributed by atoms with E-state index in [9.17, 15) is 9.18 Å². The predicted octanol–water partition coefficient (Wildman–Crippen LogP) is 3.71. The Hall–Kier alpha value is -0.890. The standard InChI is InChI=1S/C12H12ClFO/c1-7(8-2-3-8)12(15)10-5-4-9(13)6-11(10)14/h4-8H,2-3H2,1H3. The third-order valence-corrected chi connectivity index (χ3v) is 3.17. The van der Waals surface area contributed by atoms with Gasteiger partial charge < -0.3 is 0 Å². The van der Waals surface area contributed by atoms with Crippen LogP contribution in [-0.4, -0.2) is 5.78 Å². The number of hydrogen-bond donors (Lipinski definition) is 0. The molecule has 2 rings (SSSR count). The number of rotatable bonds is 3. The van der Waals surface area contributed by atoms with Gasteiger partial charge in [-0.15, -0.1) is 0 Å². The molecule has 0 spiro atoms. The Bertz CT molecular complexity index is 399. The van der Waals surface area contributed by atoms with Crippen molar-refractivity contribution in [3.8, 4) is 0 Å². The lowest BCUT2D eigenvalue weighted by atomic mass is 9.95. The van der Waals surface area contributed by atoms with Gasteiger partial charge >= 0.3 is 0 Å². The van der Waals surface area contributed by atoms with Crippen LogP contribution in [0.25, 0.3) is 0 Å². The van der Waals surface area contributed by atoms with Gasteiger partial charge in [0, 0.05) is 10.9 Å². The molecule has 0 amide bonds. The first-order chi connectivity index (χ1) is 7.09. The van der Waals surface area contributed by atoms with Crippen molar-refractivity contribution in [1.29, 1.82) is 0 Å². The molecule has 0 N–H and O–H groups in total. The van der Waals surface area contributed by atoms with Crippen molar-refractivity contribution in [1.82, 2.24) is 0 Å². The fraction of sp³-hybridized carbons (Fsp3) is 0.417. The van der Waals surface area contributed by atoms with Gasteiger partial charge in [-0.2, -0.15) is 0 Å². The number of ketones is 1. The zero-order valence-electron chi connectivity index (χ0n) is 8.47. The van der Waals surface area contributed by atoms with Crippen LogP contribution in [0.5, 0.6) is 0 Å². The molecular formula is C12H12ClFO. The van der Waals surface area contributed by atoms with Gasteiger partial charge in [0.1, 0.15) is 5.82 Å². The van der Waals surface area contributed by atoms with Gasteiger partial charge in [-0.1, -0.05) is 18.5 Å². The van der Waals surface area contributed by atoms with Gasteiger partial charge in [-0.25, -0.2) is 4.39 Å². The summed E-state index contributed by atoms with van der Waals surface area (Å²) in [5.41, 5.74) is 0.166. The van der Waals surface area contributed by atoms with E-state index in [4.69, 9.17) is 11.6 Å². The molecular weight excluding hydrogens is 215 g/mol. The molecule has 0 heterocycles. The molecule has 1 aliphatic carbocycles. The zero-order chi connectivity index (χ0) is 11.0. The van der Waals surface area contributed by atoms with Gasteiger partial charge in [0.2, 0.25) is 0 Å². The second-order valence-electron chi connectivity index (χ2n) is 4.11. The van der Waals surface area contributed by atoms with Gasteiger partial charge in [0.05, 0.1) is 5.56 Å². The van der Waals surface area contributed by atoms with Crippen LogP contribution < -0.4 is 0 Å². The molecule has 80 valence electrons. The Morgan fingerprint density at radius 2 is 2.20 bits per heavy atom. The molecule has 1 atom stereocenters. The highest BCUT2D eigenvalue weighted by molar-refractivity contribution is 6.30. The number of benzene rings is 1. The highest BCUT2D eigenvalue weighted by atomic mass is 35.5. The summed E-state index contributed by atoms with van der Waals surface area (Å²) in [6, 6.07) is 4.21. The van der Waals surface area contributed by atoms with Gasteiger partial charge in [-0.05, 0) is 37.0 Å². The highest BCUT2D eigenvalue weighted by Crippen LogP contribution is 2.38. The fourth-order valence-electron chi connectivity index (χ4n) is 1.74. The molecule has 0 radical (unpaired) electrons. The Kier molecular flexibility index (Phi) is 2.79. The first-order valence-corrected chi connectivity index (χ1v) is 5.46. The maximum Gasteiger partial charge on any atom is 0.168 e. The number of carbonyl (C=O) groups is 1. The average Bonchev–Trinajstić information content (AvgIpc) is 2.99. The van der Waals surface area contributed by atoms with E-state index < -0.39 is 5.82 Å². The summed E-state index contributed by atoms with van der Waals surface area (Å²) in [5, 5.41) is 0.322. The van der Waals surface area contributed by atoms with Gasteiger partial charge in [-0.3, -0.25) is 4.79 Å². The molecule has 1 aliphatic rings. The molecule has 0 aromatic heterocycles. The minimum absolute atomic E-state index is 0.0688. The maximum atomic E-state index is 13.4. The average molecular weight is 227 g/mol. The van der Waals surface area contributed by atoms with Gasteiger partial charge in [0.25, 0.3) is 0 Å². The number of carbonyl (C=O) groups excluding carboxylic acids is 1. The molecule has 0 bridgehead atoms. The van der Waals surface area contributed by atoms with Crippen molar-refractivity contribution in [2.24, 2.45) is 11.8 Å². The minimum atomic E-state index is -0.514. The van der Waals surface area contributed by atoms with E-state index in [-0.39, 0.29) is 17.3 Å². The molecule has 1 nitrogen and oxygen atoms in total. The summed E-state index contributed by atoms with van der Waals surface area (Å²) in [5.74, 6) is -0.236. The van der Waals surface area contributed by atoms with Crippen LogP contribution in [0.15, 0.2) is 18.2 Å². The van der Waals surface area contributed by atoms with E-state index >= 15 is 0 Å². The van der Waals surface area contributed by atoms with Crippen molar-refractivity contribution in [3.05, 3.63) is 34.6 Å². The van der Waals surface area contributed by atoms with E-state index in [1.165, 1.54) is 12.1 Å². The Labute approximate surface area is 93.2 Å². The lowest BCUT2D eigenvalue weighted by molar-refractivity contribution is 0.0912. The van der Waals surface area contributed by atoms with Crippen LogP contribution in [0.3, 0.4) is 0 Å². The zero-order valence-corrected chi connectivity index (χ0v) is 9.22. The van der Waals surface area contributed by atoms with Crippen LogP contribution in [0.4, 0.5) is 4.39 Å². The molecule has 1 aromatic rings. The molecule has 0 saturated heterocycles. The molecule has 0 aliphatic heterocycles. The minimum Gasteiger partial charge on any atom is -0.294 e. The topological polar surface area (TPSA) is 17.1 Å². The Balaban J connectivity index is 2.24. The molecule has 15 heavy (non-hydrogen) atoms. The summed E-state index contributed by atoms with van der Waals surface area (Å²) in [7, 11) is 0. The maximum absolute atomic E-state index is 13.4. The first-order valence-electron chi connectivity index (χ1n) is 5.09. The van der Waals surface area contributed by atoms with Gasteiger partial charge in [0.15, 0.2) is 5.78 Å². The third kappa shape index (κ3) is 2.20. The van der Waals surface area contributed by atoms with E-state index in [1.807, 2.05) is 6.92 Å². The molecule has 1 saturated carbocycles. The van der Waals surface area contributed by atoms with Crippen LogP contribution in [0.1, 0.15) is 30.1 Å². The molecule has 1 fully saturated rings. The van der Waals surface area contributed by atoms with Crippen molar-refractivity contribution in [3.63, 3.8) is 0 Å². The van der Waals surface area contributed by atoms with Crippen LogP contribution >= 0.6 is 11.6 Å². The predicted molar refractivity (Wildman–Crippen MR) is 57.6 cm³/mol. The second kappa shape index (κ2) is 3.93. The van der Waals surface area contributed by atoms with Crippen molar-refractivity contribution in [2.75, 3.05) is 0 Å². The van der Waals surface area contributed by atoms with E-state index in [0.29, 0.717) is 10.9 Å². The Morgan fingerprint density at radius 3 is 2.73 bits per heavy atom. The van der Waals surface area contributed by atoms with Crippen LogP contribution in [0, 0.1) is 17.7 Å². The second-order valence-corrected chi connectivity index (χ2v) is 4.55. The van der Waals surface area contributed by atoms with E-state index in [2.05, 4.69) is 0 Å². The number of Topliss-reactive ketones (excluding diaryl/α,β-unsaturated/α-hetero) is 1. The van der Waals surface area contributed by atoms with E-state index in [1.54, 1.807) is 6.07 Å². The highest BCUT2D eigenvalue weighted by Gasteiger charge is 2.33. The number of halogens is 2. The summed E-state index contributed by atoms with van der Waals surface area (Å²) in [6.45, 7) is 1.87. The molecule has 1 aromatic carbocycles. The largest absolute Gasteiger partial charge is 0.294 e. The monoisotopic (exact) mass is 226 g/mol. The van der Waals surface area contributed by atoms with Crippen molar-refractivity contribution in [2.45, 2.75) is 19.8 Å². The van der Waals surface area contributed by atoms with Crippen molar-refractivity contribution >= 4 is 17.4 Å². The normalized spacial score (nSPS) is 17.5. The quantitative estimate of drug-likeness (QED) is 0.719. The van der Waals surface area contributed by atoms with E-state index in [0.717, 1.165) is 12.8 Å². The molecule has 3 heteroatoms. The Morgan fingerprint density at radius 1 is 1.53 bits per heavy atom. The third-order valence-electron chi connectivity index (χ3n) is 2.94. The van der Waals surface area contributed by atoms with Crippen molar-refractivity contribution < 1.29 is 9.18 Å². The SMILES string of the molecule is CC(C(=O)c1ccc(Cl)cc1F)C1CC1. The van der Waals surface area contributed by atoms with Crippen LogP contribution in [-0.2, 0) is 0 Å². The first kappa shape index (κ1) is 10.6. The smallest absolute Gasteiger partial charge is 0.168 e. The lowest BCUT2D eigenvalue weighted by Gasteiger charge is -2.09.